The van der Waals surface area contributed by atoms with Gasteiger partial charge in [0.25, 0.3) is 0 Å². The van der Waals surface area contributed by atoms with Crippen LogP contribution in [0.5, 0.6) is 5.88 Å². The van der Waals surface area contributed by atoms with Crippen molar-refractivity contribution >= 4 is 29.0 Å². The van der Waals surface area contributed by atoms with Crippen molar-refractivity contribution in [3.63, 3.8) is 0 Å². The molecule has 7 heteroatoms. The minimum atomic E-state index is -0.970. The highest BCUT2D eigenvalue weighted by molar-refractivity contribution is 6.17. The van der Waals surface area contributed by atoms with Crippen molar-refractivity contribution in [3.05, 3.63) is 70.9 Å². The number of benzene rings is 2. The molecule has 1 heterocycles. The van der Waals surface area contributed by atoms with Crippen LogP contribution in [0.1, 0.15) is 34.5 Å². The van der Waals surface area contributed by atoms with E-state index < -0.39 is 29.0 Å². The van der Waals surface area contributed by atoms with Gasteiger partial charge in [-0.15, -0.1) is 12.4 Å². The summed E-state index contributed by atoms with van der Waals surface area (Å²) in [6, 6.07) is 7.61. The number of halogens is 3. The van der Waals surface area contributed by atoms with Crippen molar-refractivity contribution in [1.82, 2.24) is 4.98 Å². The fourth-order valence-electron chi connectivity index (χ4n) is 2.60. The summed E-state index contributed by atoms with van der Waals surface area (Å²) in [6.45, 7) is 1.59. The van der Waals surface area contributed by atoms with Gasteiger partial charge in [0.1, 0.15) is 11.6 Å². The highest BCUT2D eigenvalue weighted by Gasteiger charge is 2.22. The predicted octanol–water partition coefficient (Wildman–Crippen LogP) is 3.89. The van der Waals surface area contributed by atoms with Gasteiger partial charge in [-0.3, -0.25) is 4.79 Å². The molecule has 0 bridgehead atoms. The number of rotatable bonds is 3. The number of carbonyl (C=O) groups excluding carboxylic acids is 1. The molecule has 1 atom stereocenters. The van der Waals surface area contributed by atoms with E-state index in [1.807, 2.05) is 0 Å². The molecule has 0 aliphatic rings. The van der Waals surface area contributed by atoms with E-state index in [0.29, 0.717) is 10.8 Å². The molecule has 130 valence electrons. The quantitative estimate of drug-likeness (QED) is 0.691. The molecule has 2 aromatic carbocycles. The maximum atomic E-state index is 14.3. The third kappa shape index (κ3) is 3.31. The van der Waals surface area contributed by atoms with E-state index >= 15 is 0 Å². The lowest BCUT2D eigenvalue weighted by Crippen LogP contribution is -2.12. The van der Waals surface area contributed by atoms with Crippen molar-refractivity contribution in [3.8, 4) is 5.88 Å². The molecule has 25 heavy (non-hydrogen) atoms. The van der Waals surface area contributed by atoms with Crippen molar-refractivity contribution < 1.29 is 18.7 Å². The van der Waals surface area contributed by atoms with E-state index in [9.17, 15) is 18.7 Å². The molecule has 3 N–H and O–H groups in total. The third-order valence-corrected chi connectivity index (χ3v) is 3.85. The summed E-state index contributed by atoms with van der Waals surface area (Å²) in [5, 5.41) is 10.5. The van der Waals surface area contributed by atoms with Crippen LogP contribution in [-0.2, 0) is 0 Å². The molecule has 0 aliphatic carbocycles. The van der Waals surface area contributed by atoms with Crippen LogP contribution in [0.2, 0.25) is 0 Å². The van der Waals surface area contributed by atoms with Crippen LogP contribution in [0.3, 0.4) is 0 Å². The van der Waals surface area contributed by atoms with Gasteiger partial charge in [0, 0.05) is 23.2 Å². The first-order valence-electron chi connectivity index (χ1n) is 7.26. The van der Waals surface area contributed by atoms with E-state index in [4.69, 9.17) is 5.73 Å². The van der Waals surface area contributed by atoms with Crippen molar-refractivity contribution in [2.75, 3.05) is 0 Å². The van der Waals surface area contributed by atoms with Crippen LogP contribution in [0, 0.1) is 11.6 Å². The molecule has 3 aromatic rings. The molecular weight excluding hydrogens is 350 g/mol. The minimum absolute atomic E-state index is 0. The normalized spacial score (nSPS) is 11.8. The Kier molecular flexibility index (Phi) is 5.35. The minimum Gasteiger partial charge on any atom is -0.493 e. The number of nitrogens with two attached hydrogens (primary N) is 1. The number of aromatic nitrogens is 1. The number of hydrogen-bond donors (Lipinski definition) is 2. The third-order valence-electron chi connectivity index (χ3n) is 3.85. The smallest absolute Gasteiger partial charge is 0.218 e. The van der Waals surface area contributed by atoms with Gasteiger partial charge in [-0.05, 0) is 42.1 Å². The van der Waals surface area contributed by atoms with E-state index in [-0.39, 0.29) is 29.4 Å². The summed E-state index contributed by atoms with van der Waals surface area (Å²) in [7, 11) is 0. The molecule has 0 saturated heterocycles. The number of ketones is 1. The van der Waals surface area contributed by atoms with Gasteiger partial charge in [0.2, 0.25) is 5.88 Å². The van der Waals surface area contributed by atoms with Gasteiger partial charge in [0.05, 0.1) is 5.56 Å². The van der Waals surface area contributed by atoms with Crippen LogP contribution >= 0.6 is 12.4 Å². The molecule has 0 radical (unpaired) electrons. The number of carbonyl (C=O) groups is 1. The lowest BCUT2D eigenvalue weighted by molar-refractivity contribution is 0.103. The van der Waals surface area contributed by atoms with Crippen molar-refractivity contribution in [1.29, 1.82) is 0 Å². The van der Waals surface area contributed by atoms with Crippen LogP contribution in [0.4, 0.5) is 8.78 Å². The zero-order valence-corrected chi connectivity index (χ0v) is 14.0. The van der Waals surface area contributed by atoms with Crippen molar-refractivity contribution in [2.45, 2.75) is 13.0 Å². The number of fused-ring (bicyclic) bond motifs is 1. The predicted molar refractivity (Wildman–Crippen MR) is 93.0 cm³/mol. The summed E-state index contributed by atoms with van der Waals surface area (Å²) in [4.78, 5) is 16.4. The molecule has 0 fully saturated rings. The van der Waals surface area contributed by atoms with E-state index in [0.717, 1.165) is 12.1 Å². The number of nitrogens with zero attached hydrogens (tertiary/aromatic N) is 1. The van der Waals surface area contributed by atoms with Crippen LogP contribution in [-0.4, -0.2) is 15.9 Å². The molecule has 0 aliphatic heterocycles. The summed E-state index contributed by atoms with van der Waals surface area (Å²) < 4.78 is 28.6. The number of hydrogen-bond acceptors (Lipinski definition) is 4. The first-order chi connectivity index (χ1) is 11.4. The Morgan fingerprint density at radius 1 is 1.16 bits per heavy atom. The van der Waals surface area contributed by atoms with E-state index in [1.54, 1.807) is 13.0 Å². The Balaban J connectivity index is 0.00000225. The standard InChI is InChI=1S/C18H14F2N2O2.ClH/c1-9(21)10-7-14(19)16(15(20)8-10)17(23)12-3-2-4-13-11(12)5-6-22-18(13)24;/h2-9H,21H2,1H3,(H,22,24);1H/t9-;/m1./s1. The lowest BCUT2D eigenvalue weighted by Gasteiger charge is -2.11. The van der Waals surface area contributed by atoms with E-state index in [1.165, 1.54) is 24.4 Å². The first kappa shape index (κ1) is 18.8. The van der Waals surface area contributed by atoms with Gasteiger partial charge in [-0.2, -0.15) is 0 Å². The monoisotopic (exact) mass is 364 g/mol. The van der Waals surface area contributed by atoms with Crippen LogP contribution in [0.15, 0.2) is 42.6 Å². The molecule has 4 nitrogen and oxygen atoms in total. The summed E-state index contributed by atoms with van der Waals surface area (Å²) in [5.41, 5.74) is 5.32. The highest BCUT2D eigenvalue weighted by atomic mass is 35.5. The second kappa shape index (κ2) is 7.13. The largest absolute Gasteiger partial charge is 0.493 e. The van der Waals surface area contributed by atoms with Gasteiger partial charge in [-0.1, -0.05) is 12.1 Å². The highest BCUT2D eigenvalue weighted by Crippen LogP contribution is 2.28. The summed E-state index contributed by atoms with van der Waals surface area (Å²) in [5.74, 6) is -3.00. The molecule has 0 saturated carbocycles. The molecule has 0 unspecified atom stereocenters. The van der Waals surface area contributed by atoms with Gasteiger partial charge in [0.15, 0.2) is 5.78 Å². The lowest BCUT2D eigenvalue weighted by atomic mass is 9.95. The van der Waals surface area contributed by atoms with E-state index in [2.05, 4.69) is 4.98 Å². The zero-order chi connectivity index (χ0) is 17.4. The second-order valence-corrected chi connectivity index (χ2v) is 5.51. The summed E-state index contributed by atoms with van der Waals surface area (Å²) >= 11 is 0. The number of aromatic hydroxyl groups is 1. The molecule has 3 rings (SSSR count). The molecule has 1 aromatic heterocycles. The van der Waals surface area contributed by atoms with Gasteiger partial charge in [-0.25, -0.2) is 13.8 Å². The summed E-state index contributed by atoms with van der Waals surface area (Å²) in [6.07, 6.45) is 1.32. The fourth-order valence-corrected chi connectivity index (χ4v) is 2.60. The van der Waals surface area contributed by atoms with Crippen LogP contribution in [0.25, 0.3) is 10.8 Å². The van der Waals surface area contributed by atoms with Crippen molar-refractivity contribution in [2.24, 2.45) is 5.73 Å². The Labute approximate surface area is 148 Å². The molecule has 0 spiro atoms. The maximum Gasteiger partial charge on any atom is 0.218 e. The Hall–Kier alpha value is -2.57. The second-order valence-electron chi connectivity index (χ2n) is 5.51. The Morgan fingerprint density at radius 2 is 1.80 bits per heavy atom. The SMILES string of the molecule is C[C@@H](N)c1cc(F)c(C(=O)c2cccc3c(O)nccc23)c(F)c1.Cl. The Bertz CT molecular complexity index is 938. The Morgan fingerprint density at radius 3 is 2.40 bits per heavy atom. The molecular formula is C18H15ClF2N2O2. The van der Waals surface area contributed by atoms with Crippen LogP contribution < -0.4 is 5.73 Å². The average molecular weight is 365 g/mol. The van der Waals surface area contributed by atoms with Gasteiger partial charge < -0.3 is 10.8 Å². The number of pyridine rings is 1. The topological polar surface area (TPSA) is 76.2 Å². The first-order valence-corrected chi connectivity index (χ1v) is 7.26. The van der Waals surface area contributed by atoms with Gasteiger partial charge >= 0.3 is 0 Å². The molecule has 0 amide bonds. The average Bonchev–Trinajstić information content (AvgIpc) is 2.54. The maximum absolute atomic E-state index is 14.3. The fraction of sp³-hybridized carbons (Fsp3) is 0.111. The zero-order valence-electron chi connectivity index (χ0n) is 13.2.